The second-order valence-electron chi connectivity index (χ2n) is 10.6. The molecule has 0 aliphatic carbocycles. The molecule has 0 atom stereocenters. The molecule has 0 aliphatic heterocycles. The molecule has 0 bridgehead atoms. The van der Waals surface area contributed by atoms with Crippen LogP contribution in [0.1, 0.15) is 92.5 Å². The van der Waals surface area contributed by atoms with Crippen LogP contribution in [0.15, 0.2) is 60.9 Å². The number of carbonyl (C=O) groups is 1. The summed E-state index contributed by atoms with van der Waals surface area (Å²) in [5.74, 6) is 0.771. The van der Waals surface area contributed by atoms with Gasteiger partial charge in [0.15, 0.2) is 5.78 Å². The van der Waals surface area contributed by atoms with Crippen molar-refractivity contribution in [2.45, 2.75) is 91.5 Å². The van der Waals surface area contributed by atoms with Gasteiger partial charge in [0.25, 0.3) is 0 Å². The third-order valence-corrected chi connectivity index (χ3v) is 7.18. The average molecular weight is 605 g/mol. The monoisotopic (exact) mass is 604 g/mol. The fourth-order valence-corrected chi connectivity index (χ4v) is 4.62. The molecule has 10 heteroatoms. The number of aromatic nitrogens is 6. The van der Waals surface area contributed by atoms with E-state index in [0.717, 1.165) is 37.2 Å². The maximum Gasteiger partial charge on any atom is 0.189 e. The van der Waals surface area contributed by atoms with E-state index in [1.165, 1.54) is 44.6 Å². The molecule has 0 spiro atoms. The zero-order chi connectivity index (χ0) is 30.3. The summed E-state index contributed by atoms with van der Waals surface area (Å²) in [4.78, 5) is 13.2. The van der Waals surface area contributed by atoms with Crippen molar-refractivity contribution in [2.24, 2.45) is 0 Å². The topological polar surface area (TPSA) is 97.0 Å². The van der Waals surface area contributed by atoms with Crippen molar-refractivity contribution in [3.63, 3.8) is 0 Å². The molecule has 4 aromatic rings. The first-order valence-corrected chi connectivity index (χ1v) is 15.6. The van der Waals surface area contributed by atoms with Gasteiger partial charge in [-0.1, -0.05) is 92.6 Å². The predicted molar refractivity (Wildman–Crippen MR) is 168 cm³/mol. The first-order chi connectivity index (χ1) is 21.0. The van der Waals surface area contributed by atoms with Crippen LogP contribution in [0, 0.1) is 0 Å². The molecule has 0 saturated heterocycles. The zero-order valence-electron chi connectivity index (χ0n) is 25.1. The number of aryl methyl sites for hydroxylation is 2. The Morgan fingerprint density at radius 2 is 1.40 bits per heavy atom. The molecule has 0 saturated carbocycles. The Morgan fingerprint density at radius 1 is 0.791 bits per heavy atom. The fourth-order valence-electron chi connectivity index (χ4n) is 4.49. The van der Waals surface area contributed by atoms with Crippen molar-refractivity contribution < 1.29 is 14.3 Å². The quantitative estimate of drug-likeness (QED) is 0.0613. The minimum atomic E-state index is -0.193. The molecule has 228 valence electrons. The molecule has 4 rings (SSSR count). The summed E-state index contributed by atoms with van der Waals surface area (Å²) >= 11 is 5.99. The van der Waals surface area contributed by atoms with E-state index in [1.807, 2.05) is 33.9 Å². The SMILES string of the molecule is CCCCCCn1cc(COc2ccc(C(=O)/C=C/c3ccc(Cl)cc3)c(OCc3cn(CCCCCC)nn3)c2)nn1. The van der Waals surface area contributed by atoms with Crippen molar-refractivity contribution in [1.82, 2.24) is 30.0 Å². The normalized spacial score (nSPS) is 11.3. The lowest BCUT2D eigenvalue weighted by atomic mass is 10.1. The highest BCUT2D eigenvalue weighted by Crippen LogP contribution is 2.27. The molecule has 43 heavy (non-hydrogen) atoms. The molecule has 0 aliphatic rings. The predicted octanol–water partition coefficient (Wildman–Crippen LogP) is 7.74. The van der Waals surface area contributed by atoms with E-state index in [0.29, 0.717) is 27.8 Å². The summed E-state index contributed by atoms with van der Waals surface area (Å²) in [5.41, 5.74) is 2.71. The highest BCUT2D eigenvalue weighted by molar-refractivity contribution is 6.30. The van der Waals surface area contributed by atoms with Crippen LogP contribution in [-0.2, 0) is 26.3 Å². The van der Waals surface area contributed by atoms with Crippen molar-refractivity contribution in [3.05, 3.63) is 88.5 Å². The van der Waals surface area contributed by atoms with Crippen LogP contribution >= 0.6 is 11.6 Å². The Labute approximate surface area is 258 Å². The molecule has 0 fully saturated rings. The third kappa shape index (κ3) is 10.7. The lowest BCUT2D eigenvalue weighted by Crippen LogP contribution is -2.04. The molecule has 0 N–H and O–H groups in total. The highest BCUT2D eigenvalue weighted by Gasteiger charge is 2.14. The molecule has 2 aromatic carbocycles. The molecule has 2 heterocycles. The summed E-state index contributed by atoms with van der Waals surface area (Å²) in [6.45, 7) is 6.48. The van der Waals surface area contributed by atoms with Gasteiger partial charge < -0.3 is 9.47 Å². The maximum atomic E-state index is 13.2. The molecule has 0 radical (unpaired) electrons. The average Bonchev–Trinajstić information content (AvgIpc) is 3.68. The molecular formula is C33H41ClN6O3. The van der Waals surface area contributed by atoms with E-state index in [-0.39, 0.29) is 19.0 Å². The van der Waals surface area contributed by atoms with Crippen molar-refractivity contribution in [1.29, 1.82) is 0 Å². The summed E-state index contributed by atoms with van der Waals surface area (Å²) in [7, 11) is 0. The molecule has 2 aromatic heterocycles. The van der Waals surface area contributed by atoms with Gasteiger partial charge in [0.05, 0.1) is 18.0 Å². The molecule has 0 amide bonds. The lowest BCUT2D eigenvalue weighted by molar-refractivity contribution is 0.104. The Hall–Kier alpha value is -3.98. The zero-order valence-corrected chi connectivity index (χ0v) is 25.9. The number of hydrogen-bond acceptors (Lipinski definition) is 7. The minimum absolute atomic E-state index is 0.173. The minimum Gasteiger partial charge on any atom is -0.487 e. The number of nitrogens with zero attached hydrogens (tertiary/aromatic N) is 6. The largest absolute Gasteiger partial charge is 0.487 e. The van der Waals surface area contributed by atoms with Gasteiger partial charge in [0.1, 0.15) is 36.1 Å². The van der Waals surface area contributed by atoms with Crippen LogP contribution in [0.3, 0.4) is 0 Å². The number of unbranched alkanes of at least 4 members (excludes halogenated alkanes) is 6. The third-order valence-electron chi connectivity index (χ3n) is 6.93. The summed E-state index contributed by atoms with van der Waals surface area (Å²) in [6, 6.07) is 12.5. The Bertz CT molecular complexity index is 1450. The molecule has 0 unspecified atom stereocenters. The first kappa shape index (κ1) is 31.9. The maximum absolute atomic E-state index is 13.2. The summed E-state index contributed by atoms with van der Waals surface area (Å²) in [5, 5.41) is 17.6. The number of hydrogen-bond donors (Lipinski definition) is 0. The standard InChI is InChI=1S/C33H41ClN6O3/c1-3-5-7-9-19-39-22-28(35-37-39)24-42-30-16-17-31(32(41)18-13-26-11-14-27(34)15-12-26)33(21-30)43-25-29-23-40(38-36-29)20-10-8-6-4-2/h11-18,21-23H,3-10,19-20,24-25H2,1-2H3/b18-13+. The van der Waals surface area contributed by atoms with E-state index >= 15 is 0 Å². The molecule has 9 nitrogen and oxygen atoms in total. The number of ether oxygens (including phenoxy) is 2. The van der Waals surface area contributed by atoms with E-state index in [1.54, 1.807) is 36.4 Å². The van der Waals surface area contributed by atoms with Crippen molar-refractivity contribution >= 4 is 23.5 Å². The van der Waals surface area contributed by atoms with E-state index < -0.39 is 0 Å². The Morgan fingerprint density at radius 3 is 2.00 bits per heavy atom. The fraction of sp³-hybridized carbons (Fsp3) is 0.424. The van der Waals surface area contributed by atoms with E-state index in [4.69, 9.17) is 21.1 Å². The Balaban J connectivity index is 1.43. The second-order valence-corrected chi connectivity index (χ2v) is 11.0. The lowest BCUT2D eigenvalue weighted by Gasteiger charge is -2.12. The van der Waals surface area contributed by atoms with Gasteiger partial charge in [0, 0.05) is 24.2 Å². The van der Waals surface area contributed by atoms with Crippen molar-refractivity contribution in [2.75, 3.05) is 0 Å². The number of ketones is 1. The van der Waals surface area contributed by atoms with Crippen LogP contribution < -0.4 is 9.47 Å². The second kappa shape index (κ2) is 17.2. The van der Waals surface area contributed by atoms with E-state index in [2.05, 4.69) is 34.5 Å². The van der Waals surface area contributed by atoms with Gasteiger partial charge >= 0.3 is 0 Å². The van der Waals surface area contributed by atoms with Crippen LogP contribution in [0.5, 0.6) is 11.5 Å². The Kier molecular flexibility index (Phi) is 12.8. The van der Waals surface area contributed by atoms with Crippen molar-refractivity contribution in [3.8, 4) is 11.5 Å². The van der Waals surface area contributed by atoms with Gasteiger partial charge in [-0.3, -0.25) is 14.2 Å². The number of halogens is 1. The van der Waals surface area contributed by atoms with Crippen LogP contribution in [0.2, 0.25) is 5.02 Å². The number of rotatable bonds is 19. The van der Waals surface area contributed by atoms with Gasteiger partial charge in [-0.15, -0.1) is 10.2 Å². The smallest absolute Gasteiger partial charge is 0.189 e. The van der Waals surface area contributed by atoms with Gasteiger partial charge in [0.2, 0.25) is 0 Å². The van der Waals surface area contributed by atoms with Gasteiger partial charge in [-0.2, -0.15) is 0 Å². The summed E-state index contributed by atoms with van der Waals surface area (Å²) in [6.07, 6.45) is 16.4. The van der Waals surface area contributed by atoms with Crippen LogP contribution in [0.4, 0.5) is 0 Å². The number of allylic oxidation sites excluding steroid dienone is 1. The van der Waals surface area contributed by atoms with Crippen LogP contribution in [-0.4, -0.2) is 35.8 Å². The van der Waals surface area contributed by atoms with Crippen LogP contribution in [0.25, 0.3) is 6.08 Å². The van der Waals surface area contributed by atoms with Gasteiger partial charge in [-0.05, 0) is 48.7 Å². The van der Waals surface area contributed by atoms with Gasteiger partial charge in [-0.25, -0.2) is 0 Å². The first-order valence-electron chi connectivity index (χ1n) is 15.2. The number of carbonyl (C=O) groups excluding carboxylic acids is 1. The summed E-state index contributed by atoms with van der Waals surface area (Å²) < 4.78 is 15.8. The van der Waals surface area contributed by atoms with E-state index in [9.17, 15) is 4.79 Å². The highest BCUT2D eigenvalue weighted by atomic mass is 35.5. The molecular weight excluding hydrogens is 564 g/mol. The number of benzene rings is 2.